The lowest BCUT2D eigenvalue weighted by Gasteiger charge is -2.36. The molecule has 0 spiro atoms. The molecule has 0 aliphatic carbocycles. The van der Waals surface area contributed by atoms with Crippen LogP contribution in [0.1, 0.15) is 24.8 Å². The molecule has 1 N–H and O–H groups in total. The van der Waals surface area contributed by atoms with Gasteiger partial charge in [-0.3, -0.25) is 10.1 Å². The zero-order chi connectivity index (χ0) is 17.3. The zero-order valence-corrected chi connectivity index (χ0v) is 15.5. The van der Waals surface area contributed by atoms with Gasteiger partial charge in [-0.15, -0.1) is 0 Å². The van der Waals surface area contributed by atoms with Crippen LogP contribution in [0.4, 0.5) is 11.4 Å². The van der Waals surface area contributed by atoms with Crippen LogP contribution >= 0.6 is 22.6 Å². The van der Waals surface area contributed by atoms with Crippen LogP contribution < -0.4 is 4.90 Å². The van der Waals surface area contributed by atoms with Crippen molar-refractivity contribution in [2.24, 2.45) is 13.0 Å². The van der Waals surface area contributed by atoms with Gasteiger partial charge in [0.2, 0.25) is 0 Å². The summed E-state index contributed by atoms with van der Waals surface area (Å²) in [6.45, 7) is 1.33. The number of aromatic nitrogens is 2. The molecule has 8 heteroatoms. The average Bonchev–Trinajstić information content (AvgIpc) is 3.00. The second-order valence-corrected chi connectivity index (χ2v) is 7.33. The Labute approximate surface area is 153 Å². The molecule has 3 rings (SSSR count). The van der Waals surface area contributed by atoms with E-state index < -0.39 is 6.10 Å². The van der Waals surface area contributed by atoms with Crippen molar-refractivity contribution in [1.82, 2.24) is 9.55 Å². The molecule has 2 aromatic rings. The minimum atomic E-state index is -0.671. The lowest BCUT2D eigenvalue weighted by atomic mass is 9.91. The lowest BCUT2D eigenvalue weighted by Crippen LogP contribution is -2.38. The van der Waals surface area contributed by atoms with Crippen LogP contribution in [0, 0.1) is 19.6 Å². The van der Waals surface area contributed by atoms with Crippen molar-refractivity contribution in [2.45, 2.75) is 18.9 Å². The zero-order valence-electron chi connectivity index (χ0n) is 13.3. The van der Waals surface area contributed by atoms with Crippen LogP contribution in [0.15, 0.2) is 30.6 Å². The maximum absolute atomic E-state index is 11.4. The van der Waals surface area contributed by atoms with E-state index in [2.05, 4.69) is 27.6 Å². The monoisotopic (exact) mass is 442 g/mol. The number of hydrogen-bond donors (Lipinski definition) is 1. The number of aryl methyl sites for hydroxylation is 1. The minimum absolute atomic E-state index is 0.00117. The highest BCUT2D eigenvalue weighted by atomic mass is 127. The molecular formula is C16H19IN4O3. The molecule has 1 aromatic carbocycles. The van der Waals surface area contributed by atoms with Crippen molar-refractivity contribution in [3.05, 3.63) is 50.1 Å². The maximum Gasteiger partial charge on any atom is 0.293 e. The van der Waals surface area contributed by atoms with Gasteiger partial charge in [-0.05, 0) is 47.6 Å². The lowest BCUT2D eigenvalue weighted by molar-refractivity contribution is -0.384. The van der Waals surface area contributed by atoms with E-state index in [9.17, 15) is 15.2 Å². The Bertz CT molecular complexity index is 749. The van der Waals surface area contributed by atoms with Gasteiger partial charge in [0.05, 0.1) is 4.92 Å². The summed E-state index contributed by atoms with van der Waals surface area (Å²) >= 11 is 2.08. The van der Waals surface area contributed by atoms with Crippen LogP contribution in [0.5, 0.6) is 0 Å². The summed E-state index contributed by atoms with van der Waals surface area (Å²) in [5.41, 5.74) is 0.742. The number of halogens is 1. The number of imidazole rings is 1. The third-order valence-electron chi connectivity index (χ3n) is 4.50. The molecule has 1 fully saturated rings. The second-order valence-electron chi connectivity index (χ2n) is 6.08. The maximum atomic E-state index is 11.4. The van der Waals surface area contributed by atoms with E-state index >= 15 is 0 Å². The van der Waals surface area contributed by atoms with E-state index in [0.29, 0.717) is 18.1 Å². The molecule has 7 nitrogen and oxygen atoms in total. The molecule has 0 bridgehead atoms. The van der Waals surface area contributed by atoms with Gasteiger partial charge in [-0.2, -0.15) is 0 Å². The van der Waals surface area contributed by atoms with Gasteiger partial charge in [-0.1, -0.05) is 0 Å². The number of benzene rings is 1. The van der Waals surface area contributed by atoms with Crippen LogP contribution in [0.25, 0.3) is 0 Å². The molecule has 0 radical (unpaired) electrons. The Hall–Kier alpha value is -1.68. The Balaban J connectivity index is 1.84. The summed E-state index contributed by atoms with van der Waals surface area (Å²) in [5.74, 6) is 0.637. The number of nitrogens with zero attached hydrogens (tertiary/aromatic N) is 4. The van der Waals surface area contributed by atoms with Gasteiger partial charge in [0.25, 0.3) is 5.69 Å². The van der Waals surface area contributed by atoms with Crippen LogP contribution in [0.3, 0.4) is 0 Å². The van der Waals surface area contributed by atoms with Gasteiger partial charge >= 0.3 is 0 Å². The first-order valence-electron chi connectivity index (χ1n) is 7.81. The van der Waals surface area contributed by atoms with E-state index in [1.807, 2.05) is 28.8 Å². The number of nitro benzene ring substituents is 1. The van der Waals surface area contributed by atoms with Crippen LogP contribution in [0.2, 0.25) is 0 Å². The number of aliphatic hydroxyl groups is 1. The van der Waals surface area contributed by atoms with Gasteiger partial charge < -0.3 is 14.6 Å². The summed E-state index contributed by atoms with van der Waals surface area (Å²) in [4.78, 5) is 17.3. The molecule has 1 aliphatic rings. The highest BCUT2D eigenvalue weighted by Gasteiger charge is 2.31. The number of nitro groups is 1. The van der Waals surface area contributed by atoms with Crippen molar-refractivity contribution < 1.29 is 10.0 Å². The fourth-order valence-corrected chi connectivity index (χ4v) is 3.74. The Morgan fingerprint density at radius 2 is 2.29 bits per heavy atom. The predicted octanol–water partition coefficient (Wildman–Crippen LogP) is 2.88. The SMILES string of the molecule is Cn1ccnc1C(O)C1CCCN(c2ccc(I)cc2[N+](=O)[O-])C1. The Morgan fingerprint density at radius 3 is 2.96 bits per heavy atom. The normalized spacial score (nSPS) is 19.3. The third-order valence-corrected chi connectivity index (χ3v) is 5.17. The van der Waals surface area contributed by atoms with Gasteiger partial charge in [0.1, 0.15) is 17.6 Å². The third kappa shape index (κ3) is 3.39. The summed E-state index contributed by atoms with van der Waals surface area (Å²) in [5, 5.41) is 22.0. The fraction of sp³-hybridized carbons (Fsp3) is 0.438. The minimum Gasteiger partial charge on any atom is -0.385 e. The van der Waals surface area contributed by atoms with E-state index in [1.54, 1.807) is 18.3 Å². The summed E-state index contributed by atoms with van der Waals surface area (Å²) < 4.78 is 2.65. The summed E-state index contributed by atoms with van der Waals surface area (Å²) in [6, 6.07) is 5.27. The molecule has 1 aromatic heterocycles. The first-order valence-corrected chi connectivity index (χ1v) is 8.89. The van der Waals surface area contributed by atoms with E-state index in [4.69, 9.17) is 0 Å². The molecular weight excluding hydrogens is 423 g/mol. The van der Waals surface area contributed by atoms with Crippen LogP contribution in [-0.2, 0) is 7.05 Å². The number of rotatable bonds is 4. The molecule has 2 atom stereocenters. The standard InChI is InChI=1S/C16H19IN4O3/c1-19-8-6-18-16(19)15(22)11-3-2-7-20(10-11)13-5-4-12(17)9-14(13)21(23)24/h4-6,8-9,11,15,22H,2-3,7,10H2,1H3. The Morgan fingerprint density at radius 1 is 1.50 bits per heavy atom. The van der Waals surface area contributed by atoms with Crippen molar-refractivity contribution in [1.29, 1.82) is 0 Å². The number of hydrogen-bond acceptors (Lipinski definition) is 5. The van der Waals surface area contributed by atoms with Crippen molar-refractivity contribution in [3.8, 4) is 0 Å². The quantitative estimate of drug-likeness (QED) is 0.447. The van der Waals surface area contributed by atoms with E-state index in [1.165, 1.54) is 0 Å². The topological polar surface area (TPSA) is 84.4 Å². The number of anilines is 1. The van der Waals surface area contributed by atoms with Crippen molar-refractivity contribution >= 4 is 34.0 Å². The predicted molar refractivity (Wildman–Crippen MR) is 98.9 cm³/mol. The van der Waals surface area contributed by atoms with Crippen molar-refractivity contribution in [2.75, 3.05) is 18.0 Å². The van der Waals surface area contributed by atoms with Gasteiger partial charge in [-0.25, -0.2) is 4.98 Å². The van der Waals surface area contributed by atoms with Gasteiger partial charge in [0.15, 0.2) is 0 Å². The van der Waals surface area contributed by atoms with Crippen LogP contribution in [-0.4, -0.2) is 32.7 Å². The fourth-order valence-electron chi connectivity index (χ4n) is 3.27. The first-order chi connectivity index (χ1) is 11.5. The van der Waals surface area contributed by atoms with E-state index in [0.717, 1.165) is 23.0 Å². The van der Waals surface area contributed by atoms with E-state index in [-0.39, 0.29) is 16.5 Å². The second kappa shape index (κ2) is 7.06. The summed E-state index contributed by atoms with van der Waals surface area (Å²) in [7, 11) is 1.86. The molecule has 128 valence electrons. The first kappa shape index (κ1) is 17.2. The highest BCUT2D eigenvalue weighted by Crippen LogP contribution is 2.35. The molecule has 1 aliphatic heterocycles. The molecule has 2 unspecified atom stereocenters. The van der Waals surface area contributed by atoms with Crippen molar-refractivity contribution in [3.63, 3.8) is 0 Å². The molecule has 0 amide bonds. The molecule has 2 heterocycles. The smallest absolute Gasteiger partial charge is 0.293 e. The largest absolute Gasteiger partial charge is 0.385 e. The Kier molecular flexibility index (Phi) is 5.04. The molecule has 0 saturated carbocycles. The molecule has 1 saturated heterocycles. The summed E-state index contributed by atoms with van der Waals surface area (Å²) in [6.07, 6.45) is 4.57. The van der Waals surface area contributed by atoms with Gasteiger partial charge in [0, 0.05) is 48.1 Å². The average molecular weight is 442 g/mol. The highest BCUT2D eigenvalue weighted by molar-refractivity contribution is 14.1. The molecule has 24 heavy (non-hydrogen) atoms. The number of aliphatic hydroxyl groups excluding tert-OH is 1. The number of piperidine rings is 1.